The molecule has 0 radical (unpaired) electrons. The number of benzene rings is 1. The van der Waals surface area contributed by atoms with Gasteiger partial charge in [0, 0.05) is 11.9 Å². The van der Waals surface area contributed by atoms with Crippen LogP contribution in [-0.2, 0) is 5.75 Å². The lowest BCUT2D eigenvalue weighted by atomic mass is 10.2. The number of aromatic nitrogens is 5. The van der Waals surface area contributed by atoms with Gasteiger partial charge in [0.25, 0.3) is 0 Å². The van der Waals surface area contributed by atoms with Gasteiger partial charge in [-0.05, 0) is 40.3 Å². The first-order valence-electron chi connectivity index (χ1n) is 5.99. The lowest BCUT2D eigenvalue weighted by Crippen LogP contribution is -1.99. The van der Waals surface area contributed by atoms with Gasteiger partial charge in [-0.25, -0.2) is 0 Å². The summed E-state index contributed by atoms with van der Waals surface area (Å²) in [4.78, 5) is 4.06. The van der Waals surface area contributed by atoms with Gasteiger partial charge in [0.15, 0.2) is 0 Å². The van der Waals surface area contributed by atoms with Gasteiger partial charge in [0.1, 0.15) is 0 Å². The molecule has 5 nitrogen and oxygen atoms in total. The summed E-state index contributed by atoms with van der Waals surface area (Å²) >= 11 is 13.4. The van der Waals surface area contributed by atoms with Crippen LogP contribution in [0.15, 0.2) is 47.9 Å². The molecule has 0 saturated heterocycles. The first-order chi connectivity index (χ1) is 10.2. The number of halogens is 2. The van der Waals surface area contributed by atoms with Crippen LogP contribution in [0.1, 0.15) is 5.56 Å². The van der Waals surface area contributed by atoms with Crippen molar-refractivity contribution in [2.24, 2.45) is 0 Å². The minimum atomic E-state index is 0.543. The Morgan fingerprint density at radius 1 is 1.14 bits per heavy atom. The van der Waals surface area contributed by atoms with Crippen molar-refractivity contribution in [3.05, 3.63) is 58.3 Å². The highest BCUT2D eigenvalue weighted by Crippen LogP contribution is 2.27. The molecule has 21 heavy (non-hydrogen) atoms. The average Bonchev–Trinajstić information content (AvgIpc) is 2.98. The van der Waals surface area contributed by atoms with Gasteiger partial charge < -0.3 is 0 Å². The molecule has 8 heteroatoms. The number of hydrogen-bond donors (Lipinski definition) is 0. The molecule has 2 aromatic heterocycles. The van der Waals surface area contributed by atoms with Gasteiger partial charge >= 0.3 is 0 Å². The Hall–Kier alpha value is -1.63. The van der Waals surface area contributed by atoms with E-state index in [4.69, 9.17) is 23.2 Å². The van der Waals surface area contributed by atoms with E-state index in [1.165, 1.54) is 11.8 Å². The van der Waals surface area contributed by atoms with Gasteiger partial charge in [-0.15, -0.1) is 5.10 Å². The van der Waals surface area contributed by atoms with E-state index in [1.807, 2.05) is 24.3 Å². The van der Waals surface area contributed by atoms with Crippen LogP contribution in [0.4, 0.5) is 0 Å². The van der Waals surface area contributed by atoms with Crippen molar-refractivity contribution >= 4 is 35.0 Å². The Morgan fingerprint density at radius 3 is 2.81 bits per heavy atom. The number of thioether (sulfide) groups is 1. The second-order valence-corrected chi connectivity index (χ2v) is 5.88. The molecule has 0 bridgehead atoms. The monoisotopic (exact) mass is 337 g/mol. The van der Waals surface area contributed by atoms with Gasteiger partial charge in [-0.1, -0.05) is 41.0 Å². The molecule has 3 aromatic rings. The second-order valence-electron chi connectivity index (χ2n) is 4.12. The van der Waals surface area contributed by atoms with Crippen LogP contribution < -0.4 is 0 Å². The molecule has 0 atom stereocenters. The summed E-state index contributed by atoms with van der Waals surface area (Å²) in [6, 6.07) is 9.29. The Kier molecular flexibility index (Phi) is 4.38. The zero-order valence-electron chi connectivity index (χ0n) is 10.6. The summed E-state index contributed by atoms with van der Waals surface area (Å²) in [5.74, 6) is 0.692. The van der Waals surface area contributed by atoms with Crippen molar-refractivity contribution < 1.29 is 0 Å². The molecule has 1 aromatic carbocycles. The van der Waals surface area contributed by atoms with Gasteiger partial charge in [0.05, 0.1) is 21.9 Å². The number of hydrogen-bond acceptors (Lipinski definition) is 5. The molecule has 0 amide bonds. The topological polar surface area (TPSA) is 56.5 Å². The van der Waals surface area contributed by atoms with Crippen molar-refractivity contribution in [2.75, 3.05) is 0 Å². The fourth-order valence-corrected chi connectivity index (χ4v) is 2.84. The maximum Gasteiger partial charge on any atom is 0.214 e. The highest BCUT2D eigenvalue weighted by Gasteiger charge is 2.09. The smallest absolute Gasteiger partial charge is 0.214 e. The van der Waals surface area contributed by atoms with Crippen LogP contribution >= 0.6 is 35.0 Å². The number of pyridine rings is 1. The van der Waals surface area contributed by atoms with Gasteiger partial charge in [-0.2, -0.15) is 4.68 Å². The van der Waals surface area contributed by atoms with Crippen LogP contribution in [0.25, 0.3) is 5.69 Å². The molecule has 0 aliphatic rings. The van der Waals surface area contributed by atoms with Crippen molar-refractivity contribution in [1.82, 2.24) is 25.2 Å². The van der Waals surface area contributed by atoms with Crippen LogP contribution in [-0.4, -0.2) is 25.2 Å². The van der Waals surface area contributed by atoms with Crippen LogP contribution in [0.2, 0.25) is 10.0 Å². The highest BCUT2D eigenvalue weighted by molar-refractivity contribution is 7.98. The summed E-state index contributed by atoms with van der Waals surface area (Å²) in [7, 11) is 0. The zero-order valence-corrected chi connectivity index (χ0v) is 13.0. The lowest BCUT2D eigenvalue weighted by Gasteiger charge is -2.04. The number of tetrazole rings is 1. The summed E-state index contributed by atoms with van der Waals surface area (Å²) in [5.41, 5.74) is 1.87. The summed E-state index contributed by atoms with van der Waals surface area (Å²) in [6.07, 6.45) is 3.41. The third-order valence-corrected chi connectivity index (χ3v) is 4.41. The molecular formula is C13H9Cl2N5S. The van der Waals surface area contributed by atoms with Crippen molar-refractivity contribution in [3.63, 3.8) is 0 Å². The largest absolute Gasteiger partial charge is 0.262 e. The van der Waals surface area contributed by atoms with Crippen molar-refractivity contribution in [2.45, 2.75) is 10.9 Å². The first kappa shape index (κ1) is 14.3. The van der Waals surface area contributed by atoms with Gasteiger partial charge in [0.2, 0.25) is 5.16 Å². The lowest BCUT2D eigenvalue weighted by molar-refractivity contribution is 0.753. The molecule has 0 aliphatic heterocycles. The van der Waals surface area contributed by atoms with Gasteiger partial charge in [-0.3, -0.25) is 4.98 Å². The molecule has 0 fully saturated rings. The second kappa shape index (κ2) is 6.43. The molecule has 3 rings (SSSR count). The van der Waals surface area contributed by atoms with E-state index < -0.39 is 0 Å². The third kappa shape index (κ3) is 3.34. The van der Waals surface area contributed by atoms with E-state index in [0.717, 1.165) is 11.3 Å². The highest BCUT2D eigenvalue weighted by atomic mass is 35.5. The van der Waals surface area contributed by atoms with E-state index in [0.29, 0.717) is 21.0 Å². The predicted octanol–water partition coefficient (Wildman–Crippen LogP) is 3.66. The van der Waals surface area contributed by atoms with Crippen LogP contribution in [0.3, 0.4) is 0 Å². The average molecular weight is 338 g/mol. The number of rotatable bonds is 4. The summed E-state index contributed by atoms with van der Waals surface area (Å²) in [5, 5.41) is 13.5. The Labute approximate surface area is 135 Å². The van der Waals surface area contributed by atoms with E-state index >= 15 is 0 Å². The fraction of sp³-hybridized carbons (Fsp3) is 0.0769. The summed E-state index contributed by atoms with van der Waals surface area (Å²) in [6.45, 7) is 0. The van der Waals surface area contributed by atoms with Crippen LogP contribution in [0.5, 0.6) is 0 Å². The summed E-state index contributed by atoms with van der Waals surface area (Å²) < 4.78 is 1.65. The Balaban J connectivity index is 1.77. The Morgan fingerprint density at radius 2 is 2.05 bits per heavy atom. The Bertz CT molecular complexity index is 747. The minimum absolute atomic E-state index is 0.543. The quantitative estimate of drug-likeness (QED) is 0.680. The molecule has 0 saturated carbocycles. The SMILES string of the molecule is Clc1ccc(CSc2nnnn2-c2cccnc2)cc1Cl. The van der Waals surface area contributed by atoms with Crippen molar-refractivity contribution in [1.29, 1.82) is 0 Å². The molecular weight excluding hydrogens is 329 g/mol. The maximum absolute atomic E-state index is 6.01. The molecule has 0 aliphatic carbocycles. The number of nitrogens with zero attached hydrogens (tertiary/aromatic N) is 5. The van der Waals surface area contributed by atoms with E-state index in [2.05, 4.69) is 20.5 Å². The standard InChI is InChI=1S/C13H9Cl2N5S/c14-11-4-3-9(6-12(11)15)8-21-13-17-18-19-20(13)10-2-1-5-16-7-10/h1-7H,8H2. The molecule has 0 unspecified atom stereocenters. The molecule has 2 heterocycles. The molecule has 0 spiro atoms. The zero-order chi connectivity index (χ0) is 14.7. The van der Waals surface area contributed by atoms with Crippen LogP contribution in [0, 0.1) is 0 Å². The maximum atomic E-state index is 6.01. The first-order valence-corrected chi connectivity index (χ1v) is 7.74. The molecule has 106 valence electrons. The van der Waals surface area contributed by atoms with E-state index in [1.54, 1.807) is 23.1 Å². The normalized spacial score (nSPS) is 10.8. The molecule has 0 N–H and O–H groups in total. The van der Waals surface area contributed by atoms with Crippen molar-refractivity contribution in [3.8, 4) is 5.69 Å². The predicted molar refractivity (Wildman–Crippen MR) is 83.0 cm³/mol. The van der Waals surface area contributed by atoms with E-state index in [-0.39, 0.29) is 0 Å². The minimum Gasteiger partial charge on any atom is -0.262 e. The third-order valence-electron chi connectivity index (χ3n) is 2.68. The fourth-order valence-electron chi connectivity index (χ4n) is 1.69. The van der Waals surface area contributed by atoms with E-state index in [9.17, 15) is 0 Å².